The number of benzene rings is 1. The molecule has 0 radical (unpaired) electrons. The molecule has 1 aliphatic heterocycles. The van der Waals surface area contributed by atoms with E-state index in [0.717, 1.165) is 10.4 Å². The van der Waals surface area contributed by atoms with Gasteiger partial charge in [-0.05, 0) is 45.3 Å². The number of hydrogen-bond acceptors (Lipinski definition) is 4. The van der Waals surface area contributed by atoms with Gasteiger partial charge in [0, 0.05) is 6.42 Å². The summed E-state index contributed by atoms with van der Waals surface area (Å²) in [7, 11) is -0.435. The van der Waals surface area contributed by atoms with Crippen molar-refractivity contribution < 1.29 is 28.3 Å². The molecule has 26 heavy (non-hydrogen) atoms. The van der Waals surface area contributed by atoms with E-state index in [9.17, 15) is 9.18 Å². The lowest BCUT2D eigenvalue weighted by molar-refractivity contribution is 0.00578. The Bertz CT molecular complexity index is 650. The molecule has 8 heteroatoms. The highest BCUT2D eigenvalue weighted by molar-refractivity contribution is 6.62. The summed E-state index contributed by atoms with van der Waals surface area (Å²) in [6, 6.07) is 7.11. The predicted octanol–water partition coefficient (Wildman–Crippen LogP) is 2.46. The standard InChI is InChI=1S/C18H25BFNO5/c1-17(2)18(3,4)26-19(25-17)12-5-7-13(8-6-12)24-15-11-14(15)21(10-9-20)16(22)23/h5-8,14-15H,9-11H2,1-4H3,(H,22,23)/t14-,15-/m1/s1. The first-order chi connectivity index (χ1) is 12.1. The van der Waals surface area contributed by atoms with Crippen LogP contribution in [-0.2, 0) is 9.31 Å². The summed E-state index contributed by atoms with van der Waals surface area (Å²) >= 11 is 0. The molecule has 1 aromatic carbocycles. The molecule has 3 rings (SSSR count). The van der Waals surface area contributed by atoms with Crippen LogP contribution in [0.5, 0.6) is 5.75 Å². The fourth-order valence-electron chi connectivity index (χ4n) is 2.97. The molecule has 1 N–H and O–H groups in total. The van der Waals surface area contributed by atoms with E-state index in [1.165, 1.54) is 0 Å². The molecule has 142 valence electrons. The molecule has 1 aliphatic carbocycles. The second-order valence-corrected chi connectivity index (χ2v) is 7.78. The van der Waals surface area contributed by atoms with E-state index in [-0.39, 0.29) is 18.7 Å². The van der Waals surface area contributed by atoms with Gasteiger partial charge in [-0.3, -0.25) is 4.90 Å². The molecule has 1 aromatic rings. The van der Waals surface area contributed by atoms with E-state index < -0.39 is 31.1 Å². The fraction of sp³-hybridized carbons (Fsp3) is 0.611. The zero-order chi connectivity index (χ0) is 19.1. The van der Waals surface area contributed by atoms with E-state index >= 15 is 0 Å². The van der Waals surface area contributed by atoms with Gasteiger partial charge in [0.1, 0.15) is 18.5 Å². The van der Waals surface area contributed by atoms with Crippen molar-refractivity contribution in [3.05, 3.63) is 24.3 Å². The lowest BCUT2D eigenvalue weighted by Gasteiger charge is -2.32. The van der Waals surface area contributed by atoms with Crippen molar-refractivity contribution in [3.63, 3.8) is 0 Å². The van der Waals surface area contributed by atoms with Crippen LogP contribution in [0.3, 0.4) is 0 Å². The average Bonchev–Trinajstić information content (AvgIpc) is 3.25. The van der Waals surface area contributed by atoms with Crippen LogP contribution in [0.4, 0.5) is 9.18 Å². The van der Waals surface area contributed by atoms with Crippen LogP contribution in [0, 0.1) is 0 Å². The normalized spacial score (nSPS) is 25.8. The Labute approximate surface area is 153 Å². The second kappa shape index (κ2) is 6.74. The van der Waals surface area contributed by atoms with Gasteiger partial charge >= 0.3 is 13.2 Å². The maximum Gasteiger partial charge on any atom is 0.494 e. The van der Waals surface area contributed by atoms with Crippen molar-refractivity contribution in [3.8, 4) is 5.75 Å². The van der Waals surface area contributed by atoms with E-state index in [1.807, 2.05) is 52.0 Å². The lowest BCUT2D eigenvalue weighted by Crippen LogP contribution is -2.41. The summed E-state index contributed by atoms with van der Waals surface area (Å²) in [6.07, 6.45) is -0.777. The highest BCUT2D eigenvalue weighted by Crippen LogP contribution is 2.37. The largest absolute Gasteiger partial charge is 0.494 e. The van der Waals surface area contributed by atoms with Gasteiger partial charge in [-0.15, -0.1) is 0 Å². The Morgan fingerprint density at radius 1 is 1.27 bits per heavy atom. The molecule has 1 amide bonds. The summed E-state index contributed by atoms with van der Waals surface area (Å²) in [5.74, 6) is 0.642. The van der Waals surface area contributed by atoms with Crippen molar-refractivity contribution in [2.24, 2.45) is 0 Å². The Morgan fingerprint density at radius 2 is 1.85 bits per heavy atom. The van der Waals surface area contributed by atoms with Gasteiger partial charge in [-0.25, -0.2) is 9.18 Å². The number of halogens is 1. The van der Waals surface area contributed by atoms with Gasteiger partial charge in [0.25, 0.3) is 0 Å². The quantitative estimate of drug-likeness (QED) is 0.785. The van der Waals surface area contributed by atoms with Crippen LogP contribution < -0.4 is 10.2 Å². The van der Waals surface area contributed by atoms with Crippen LogP contribution in [0.2, 0.25) is 0 Å². The molecule has 0 aromatic heterocycles. The number of carbonyl (C=O) groups is 1. The fourth-order valence-corrected chi connectivity index (χ4v) is 2.97. The molecule has 0 bridgehead atoms. The highest BCUT2D eigenvalue weighted by Gasteiger charge is 2.51. The molecule has 1 saturated heterocycles. The number of alkyl halides is 1. The summed E-state index contributed by atoms with van der Waals surface area (Å²) in [4.78, 5) is 12.2. The molecule has 0 spiro atoms. The zero-order valence-corrected chi connectivity index (χ0v) is 15.6. The van der Waals surface area contributed by atoms with Crippen LogP contribution in [0.15, 0.2) is 24.3 Å². The molecule has 2 fully saturated rings. The Hall–Kier alpha value is -1.80. The zero-order valence-electron chi connectivity index (χ0n) is 15.6. The monoisotopic (exact) mass is 365 g/mol. The van der Waals surface area contributed by atoms with E-state index in [4.69, 9.17) is 19.2 Å². The third-order valence-electron chi connectivity index (χ3n) is 5.36. The maximum atomic E-state index is 12.5. The number of carboxylic acid groups (broad SMARTS) is 1. The van der Waals surface area contributed by atoms with Crippen molar-refractivity contribution >= 4 is 18.7 Å². The summed E-state index contributed by atoms with van der Waals surface area (Å²) in [5.41, 5.74) is 0.100. The van der Waals surface area contributed by atoms with Gasteiger partial charge < -0.3 is 19.2 Å². The molecule has 6 nitrogen and oxygen atoms in total. The third kappa shape index (κ3) is 3.66. The summed E-state index contributed by atoms with van der Waals surface area (Å²) in [5, 5.41) is 9.12. The first-order valence-corrected chi connectivity index (χ1v) is 8.82. The van der Waals surface area contributed by atoms with Crippen LogP contribution in [-0.4, -0.2) is 59.8 Å². The minimum absolute atomic E-state index is 0.124. The molecule has 2 atom stereocenters. The number of ether oxygens (including phenoxy) is 1. The number of rotatable bonds is 6. The minimum Gasteiger partial charge on any atom is -0.488 e. The van der Waals surface area contributed by atoms with Gasteiger partial charge in [0.05, 0.1) is 23.8 Å². The van der Waals surface area contributed by atoms with Gasteiger partial charge in [0.15, 0.2) is 0 Å². The Morgan fingerprint density at radius 3 is 2.35 bits per heavy atom. The Kier molecular flexibility index (Phi) is 4.92. The third-order valence-corrected chi connectivity index (χ3v) is 5.36. The molecular formula is C18H25BFNO5. The molecular weight excluding hydrogens is 340 g/mol. The number of amides is 1. The molecule has 2 aliphatic rings. The number of hydrogen-bond donors (Lipinski definition) is 1. The second-order valence-electron chi connectivity index (χ2n) is 7.78. The molecule has 1 saturated carbocycles. The summed E-state index contributed by atoms with van der Waals surface area (Å²) in [6.45, 7) is 7.19. The molecule has 1 heterocycles. The SMILES string of the molecule is CC1(C)OB(c2ccc(O[C@@H]3C[C@H]3N(CCF)C(=O)O)cc2)OC1(C)C. The van der Waals surface area contributed by atoms with Gasteiger partial charge in [-0.2, -0.15) is 0 Å². The average molecular weight is 365 g/mol. The van der Waals surface area contributed by atoms with E-state index in [1.54, 1.807) is 0 Å². The lowest BCUT2D eigenvalue weighted by atomic mass is 9.79. The number of nitrogens with zero attached hydrogens (tertiary/aromatic N) is 1. The smallest absolute Gasteiger partial charge is 0.488 e. The van der Waals surface area contributed by atoms with Crippen molar-refractivity contribution in [1.82, 2.24) is 4.90 Å². The predicted molar refractivity (Wildman–Crippen MR) is 95.7 cm³/mol. The molecule has 0 unspecified atom stereocenters. The first kappa shape index (κ1) is 19.0. The maximum absolute atomic E-state index is 12.5. The van der Waals surface area contributed by atoms with Crippen molar-refractivity contribution in [2.75, 3.05) is 13.2 Å². The van der Waals surface area contributed by atoms with Crippen molar-refractivity contribution in [2.45, 2.75) is 57.5 Å². The topological polar surface area (TPSA) is 68.2 Å². The Balaban J connectivity index is 1.59. The van der Waals surface area contributed by atoms with Gasteiger partial charge in [0.2, 0.25) is 0 Å². The van der Waals surface area contributed by atoms with Crippen LogP contribution in [0.25, 0.3) is 0 Å². The van der Waals surface area contributed by atoms with Crippen molar-refractivity contribution in [1.29, 1.82) is 0 Å². The van der Waals surface area contributed by atoms with Crippen LogP contribution in [0.1, 0.15) is 34.1 Å². The van der Waals surface area contributed by atoms with Gasteiger partial charge in [-0.1, -0.05) is 12.1 Å². The summed E-state index contributed by atoms with van der Waals surface area (Å²) < 4.78 is 30.3. The van der Waals surface area contributed by atoms with E-state index in [2.05, 4.69) is 0 Å². The highest BCUT2D eigenvalue weighted by atomic mass is 19.1. The van der Waals surface area contributed by atoms with Crippen LogP contribution >= 0.6 is 0 Å². The first-order valence-electron chi connectivity index (χ1n) is 8.82. The van der Waals surface area contributed by atoms with E-state index in [0.29, 0.717) is 12.2 Å². The minimum atomic E-state index is -1.12.